The number of ketones is 1. The van der Waals surface area contributed by atoms with E-state index < -0.39 is 0 Å². The Bertz CT molecular complexity index is 398. The third-order valence-corrected chi connectivity index (χ3v) is 2.82. The van der Waals surface area contributed by atoms with Gasteiger partial charge in [-0.1, -0.05) is 13.3 Å². The molecule has 0 atom stereocenters. The lowest BCUT2D eigenvalue weighted by molar-refractivity contribution is 0.0982. The van der Waals surface area contributed by atoms with Gasteiger partial charge in [0.1, 0.15) is 11.5 Å². The molecular formula is C14H18O3. The molecule has 3 nitrogen and oxygen atoms in total. The molecule has 0 bridgehead atoms. The van der Waals surface area contributed by atoms with Gasteiger partial charge in [-0.25, -0.2) is 0 Å². The molecule has 1 aliphatic heterocycles. The molecule has 0 saturated carbocycles. The van der Waals surface area contributed by atoms with E-state index in [-0.39, 0.29) is 5.78 Å². The van der Waals surface area contributed by atoms with E-state index in [1.807, 2.05) is 12.1 Å². The van der Waals surface area contributed by atoms with Gasteiger partial charge >= 0.3 is 0 Å². The highest BCUT2D eigenvalue weighted by molar-refractivity contribution is 5.99. The van der Waals surface area contributed by atoms with Crippen molar-refractivity contribution in [3.05, 3.63) is 23.8 Å². The van der Waals surface area contributed by atoms with Crippen molar-refractivity contribution in [3.8, 4) is 11.5 Å². The third-order valence-electron chi connectivity index (χ3n) is 2.82. The van der Waals surface area contributed by atoms with Gasteiger partial charge in [-0.3, -0.25) is 4.79 Å². The van der Waals surface area contributed by atoms with Crippen LogP contribution in [0.4, 0.5) is 0 Å². The van der Waals surface area contributed by atoms with E-state index >= 15 is 0 Å². The van der Waals surface area contributed by atoms with E-state index in [2.05, 4.69) is 6.92 Å². The van der Waals surface area contributed by atoms with Gasteiger partial charge in [0.25, 0.3) is 0 Å². The molecule has 0 amide bonds. The molecule has 0 N–H and O–H groups in total. The number of carbonyl (C=O) groups is 1. The summed E-state index contributed by atoms with van der Waals surface area (Å²) in [4.78, 5) is 11.9. The van der Waals surface area contributed by atoms with Crippen molar-refractivity contribution in [2.45, 2.75) is 32.6 Å². The summed E-state index contributed by atoms with van der Waals surface area (Å²) in [6.07, 6.45) is 3.49. The first-order valence-electron chi connectivity index (χ1n) is 6.24. The maximum Gasteiger partial charge on any atom is 0.166 e. The zero-order valence-electron chi connectivity index (χ0n) is 10.2. The monoisotopic (exact) mass is 234 g/mol. The van der Waals surface area contributed by atoms with Gasteiger partial charge < -0.3 is 9.47 Å². The minimum atomic E-state index is 0.151. The van der Waals surface area contributed by atoms with Crippen molar-refractivity contribution >= 4 is 5.78 Å². The van der Waals surface area contributed by atoms with Crippen molar-refractivity contribution in [3.63, 3.8) is 0 Å². The molecule has 1 aromatic carbocycles. The number of ether oxygens (including phenoxy) is 2. The van der Waals surface area contributed by atoms with Gasteiger partial charge in [-0.15, -0.1) is 0 Å². The molecule has 17 heavy (non-hydrogen) atoms. The van der Waals surface area contributed by atoms with Crippen molar-refractivity contribution in [2.75, 3.05) is 13.2 Å². The fourth-order valence-corrected chi connectivity index (χ4v) is 1.83. The van der Waals surface area contributed by atoms with Crippen LogP contribution >= 0.6 is 0 Å². The Morgan fingerprint density at radius 2 is 2.29 bits per heavy atom. The van der Waals surface area contributed by atoms with Gasteiger partial charge in [0.05, 0.1) is 18.8 Å². The number of carbonyl (C=O) groups excluding carboxylic acids is 1. The maximum atomic E-state index is 11.9. The molecule has 92 valence electrons. The lowest BCUT2D eigenvalue weighted by atomic mass is 10.1. The van der Waals surface area contributed by atoms with Crippen LogP contribution in [0.3, 0.4) is 0 Å². The molecular weight excluding hydrogens is 216 g/mol. The first-order chi connectivity index (χ1) is 8.31. The average Bonchev–Trinajstić information content (AvgIpc) is 2.52. The molecule has 1 aromatic rings. The van der Waals surface area contributed by atoms with Crippen LogP contribution < -0.4 is 9.47 Å². The summed E-state index contributed by atoms with van der Waals surface area (Å²) in [5, 5.41) is 0. The minimum Gasteiger partial charge on any atom is -0.494 e. The normalized spacial score (nSPS) is 14.8. The van der Waals surface area contributed by atoms with E-state index in [1.54, 1.807) is 6.07 Å². The molecule has 1 heterocycles. The second kappa shape index (κ2) is 5.71. The Labute approximate surface area is 102 Å². The highest BCUT2D eigenvalue weighted by Crippen LogP contribution is 2.28. The van der Waals surface area contributed by atoms with Gasteiger partial charge in [-0.2, -0.15) is 0 Å². The van der Waals surface area contributed by atoms with Gasteiger partial charge in [0.15, 0.2) is 5.78 Å². The van der Waals surface area contributed by atoms with E-state index in [9.17, 15) is 4.79 Å². The van der Waals surface area contributed by atoms with E-state index in [4.69, 9.17) is 9.47 Å². The second-order valence-corrected chi connectivity index (χ2v) is 4.24. The summed E-state index contributed by atoms with van der Waals surface area (Å²) >= 11 is 0. The summed E-state index contributed by atoms with van der Waals surface area (Å²) in [7, 11) is 0. The number of hydrogen-bond acceptors (Lipinski definition) is 3. The third kappa shape index (κ3) is 2.99. The highest BCUT2D eigenvalue weighted by atomic mass is 16.5. The number of benzene rings is 1. The van der Waals surface area contributed by atoms with Crippen LogP contribution in [-0.2, 0) is 0 Å². The average molecular weight is 234 g/mol. The Hall–Kier alpha value is -1.51. The minimum absolute atomic E-state index is 0.151. The molecule has 1 aliphatic rings. The van der Waals surface area contributed by atoms with Gasteiger partial charge in [-0.05, 0) is 31.0 Å². The molecule has 0 aromatic heterocycles. The summed E-state index contributed by atoms with van der Waals surface area (Å²) < 4.78 is 11.1. The predicted molar refractivity (Wildman–Crippen MR) is 65.9 cm³/mol. The Morgan fingerprint density at radius 1 is 1.41 bits per heavy atom. The Kier molecular flexibility index (Phi) is 4.02. The molecule has 0 radical (unpaired) electrons. The van der Waals surface area contributed by atoms with Crippen molar-refractivity contribution in [1.82, 2.24) is 0 Å². The van der Waals surface area contributed by atoms with Crippen LogP contribution in [0.5, 0.6) is 11.5 Å². The number of unbranched alkanes of at least 4 members (excludes halogenated alkanes) is 1. The van der Waals surface area contributed by atoms with E-state index in [0.29, 0.717) is 30.9 Å². The molecule has 3 heteroatoms. The largest absolute Gasteiger partial charge is 0.494 e. The second-order valence-electron chi connectivity index (χ2n) is 4.24. The number of fused-ring (bicyclic) bond motifs is 1. The van der Waals surface area contributed by atoms with E-state index in [0.717, 1.165) is 25.0 Å². The van der Waals surface area contributed by atoms with Crippen LogP contribution in [0.15, 0.2) is 18.2 Å². The van der Waals surface area contributed by atoms with Crippen molar-refractivity contribution in [1.29, 1.82) is 0 Å². The van der Waals surface area contributed by atoms with Crippen LogP contribution in [0, 0.1) is 0 Å². The summed E-state index contributed by atoms with van der Waals surface area (Å²) in [6.45, 7) is 3.44. The van der Waals surface area contributed by atoms with Crippen LogP contribution in [0.25, 0.3) is 0 Å². The number of rotatable bonds is 4. The Balaban J connectivity index is 2.14. The number of hydrogen-bond donors (Lipinski definition) is 0. The quantitative estimate of drug-likeness (QED) is 0.750. The fourth-order valence-electron chi connectivity index (χ4n) is 1.83. The fraction of sp³-hybridized carbons (Fsp3) is 0.500. The molecule has 0 spiro atoms. The predicted octanol–water partition coefficient (Wildman–Crippen LogP) is 3.22. The van der Waals surface area contributed by atoms with Crippen LogP contribution in [-0.4, -0.2) is 19.0 Å². The topological polar surface area (TPSA) is 35.5 Å². The first kappa shape index (κ1) is 12.0. The summed E-state index contributed by atoms with van der Waals surface area (Å²) in [6, 6.07) is 5.51. The first-order valence-corrected chi connectivity index (χ1v) is 6.24. The Morgan fingerprint density at radius 3 is 3.12 bits per heavy atom. The summed E-state index contributed by atoms with van der Waals surface area (Å²) in [5.41, 5.74) is 0.663. The lowest BCUT2D eigenvalue weighted by Crippen LogP contribution is -2.01. The maximum absolute atomic E-state index is 11.9. The molecule has 0 unspecified atom stereocenters. The molecule has 2 rings (SSSR count). The highest BCUT2D eigenvalue weighted by Gasteiger charge is 2.17. The molecule has 0 saturated heterocycles. The zero-order chi connectivity index (χ0) is 12.1. The van der Waals surface area contributed by atoms with Crippen LogP contribution in [0.1, 0.15) is 43.0 Å². The molecule has 0 aliphatic carbocycles. The van der Waals surface area contributed by atoms with E-state index in [1.165, 1.54) is 0 Å². The lowest BCUT2D eigenvalue weighted by Gasteiger charge is -2.09. The smallest absolute Gasteiger partial charge is 0.166 e. The van der Waals surface area contributed by atoms with Crippen molar-refractivity contribution < 1.29 is 14.3 Å². The standard InChI is InChI=1S/C14H18O3/c1-2-3-8-16-11-6-7-14-12(10-11)13(15)5-4-9-17-14/h6-7,10H,2-5,8-9H2,1H3. The SMILES string of the molecule is CCCCOc1ccc2c(c1)C(=O)CCCO2. The number of Topliss-reactive ketones (excluding diaryl/α,β-unsaturated/α-hetero) is 1. The summed E-state index contributed by atoms with van der Waals surface area (Å²) in [5.74, 6) is 1.60. The molecule has 0 fully saturated rings. The van der Waals surface area contributed by atoms with Gasteiger partial charge in [0, 0.05) is 6.42 Å². The van der Waals surface area contributed by atoms with Crippen molar-refractivity contribution in [2.24, 2.45) is 0 Å². The van der Waals surface area contributed by atoms with Crippen LogP contribution in [0.2, 0.25) is 0 Å². The van der Waals surface area contributed by atoms with Gasteiger partial charge in [0.2, 0.25) is 0 Å². The zero-order valence-corrected chi connectivity index (χ0v) is 10.2.